The maximum atomic E-state index is 12.6. The number of carbonyl (C=O) groups excluding carboxylic acids is 1. The molecule has 0 rings (SSSR count). The molecular formula is C11H16BrF5O5S. The molecule has 0 bridgehead atoms. The van der Waals surface area contributed by atoms with Crippen LogP contribution in [0.2, 0.25) is 0 Å². The van der Waals surface area contributed by atoms with E-state index in [0.717, 1.165) is 31.0 Å². The Hall–Kier alpha value is -0.650. The van der Waals surface area contributed by atoms with E-state index < -0.39 is 27.7 Å². The molecule has 0 fully saturated rings. The minimum atomic E-state index is -6.51. The van der Waals surface area contributed by atoms with Gasteiger partial charge in [0.25, 0.3) is 0 Å². The Morgan fingerprint density at radius 2 is 1.39 bits per heavy atom. The summed E-state index contributed by atoms with van der Waals surface area (Å²) in [6.07, 6.45) is -3.83. The lowest BCUT2D eigenvalue weighted by atomic mass is 10.1. The third kappa shape index (κ3) is 7.64. The van der Waals surface area contributed by atoms with Crippen molar-refractivity contribution >= 4 is 32.2 Å². The molecule has 0 aliphatic carbocycles. The summed E-state index contributed by atoms with van der Waals surface area (Å²) >= 11 is 3.27. The summed E-state index contributed by atoms with van der Waals surface area (Å²) in [6, 6.07) is 0. The summed E-state index contributed by atoms with van der Waals surface area (Å²) in [7, 11) is -6.51. The van der Waals surface area contributed by atoms with Crippen LogP contribution in [0.1, 0.15) is 38.5 Å². The van der Waals surface area contributed by atoms with Crippen LogP contribution in [-0.2, 0) is 19.0 Å². The zero-order chi connectivity index (χ0) is 18.1. The monoisotopic (exact) mass is 434 g/mol. The number of unbranched alkanes of at least 4 members (excludes halogenated alkanes) is 5. The van der Waals surface area contributed by atoms with Gasteiger partial charge in [0.05, 0.1) is 6.61 Å². The summed E-state index contributed by atoms with van der Waals surface area (Å²) in [5.41, 5.74) is 0. The minimum absolute atomic E-state index is 0.305. The number of halogens is 6. The zero-order valence-electron chi connectivity index (χ0n) is 11.9. The second-order valence-electron chi connectivity index (χ2n) is 4.46. The zero-order valence-corrected chi connectivity index (χ0v) is 14.3. The van der Waals surface area contributed by atoms with E-state index in [1.165, 1.54) is 0 Å². The van der Waals surface area contributed by atoms with Gasteiger partial charge in [0.2, 0.25) is 0 Å². The Kier molecular flexibility index (Phi) is 9.33. The van der Waals surface area contributed by atoms with E-state index in [1.807, 2.05) is 0 Å². The predicted octanol–water partition coefficient (Wildman–Crippen LogP) is 4.36. The van der Waals surface area contributed by atoms with Gasteiger partial charge in [-0.05, 0) is 12.8 Å². The molecule has 5 nitrogen and oxygen atoms in total. The second-order valence-corrected chi connectivity index (χ2v) is 6.84. The molecule has 0 spiro atoms. The maximum Gasteiger partial charge on any atom is 0.524 e. The minimum Gasteiger partial charge on any atom is -0.433 e. The fraction of sp³-hybridized carbons (Fsp3) is 0.909. The quantitative estimate of drug-likeness (QED) is 0.168. The van der Waals surface area contributed by atoms with Crippen molar-refractivity contribution in [3.05, 3.63) is 0 Å². The topological polar surface area (TPSA) is 69.7 Å². The van der Waals surface area contributed by atoms with Crippen molar-refractivity contribution in [2.45, 2.75) is 50.0 Å². The van der Waals surface area contributed by atoms with Gasteiger partial charge in [-0.2, -0.15) is 30.4 Å². The third-order valence-electron chi connectivity index (χ3n) is 2.57. The van der Waals surface area contributed by atoms with Crippen molar-refractivity contribution in [2.75, 3.05) is 11.9 Å². The smallest absolute Gasteiger partial charge is 0.433 e. The highest BCUT2D eigenvalue weighted by molar-refractivity contribution is 9.09. The molecule has 0 amide bonds. The van der Waals surface area contributed by atoms with Gasteiger partial charge in [-0.15, -0.1) is 0 Å². The third-order valence-corrected chi connectivity index (χ3v) is 4.35. The number of hydrogen-bond acceptors (Lipinski definition) is 5. The predicted molar refractivity (Wildman–Crippen MR) is 73.9 cm³/mol. The van der Waals surface area contributed by atoms with Crippen LogP contribution in [-0.4, -0.2) is 37.9 Å². The first-order valence-electron chi connectivity index (χ1n) is 6.57. The van der Waals surface area contributed by atoms with Crippen LogP contribution < -0.4 is 0 Å². The van der Waals surface area contributed by atoms with Crippen molar-refractivity contribution in [3.8, 4) is 0 Å². The second kappa shape index (κ2) is 9.60. The standard InChI is InChI=1S/C11H16BrF5O5S/c12-7-5-3-1-2-4-6-8-21-9(18)22-23(19,20)11(16,17)10(13,14)15/h1-8H2. The van der Waals surface area contributed by atoms with Gasteiger partial charge in [-0.25, -0.2) is 4.79 Å². The first kappa shape index (κ1) is 22.4. The van der Waals surface area contributed by atoms with E-state index in [1.54, 1.807) is 0 Å². The van der Waals surface area contributed by atoms with Gasteiger partial charge in [0.15, 0.2) is 0 Å². The Bertz CT molecular complexity index is 466. The molecular weight excluding hydrogens is 419 g/mol. The summed E-state index contributed by atoms with van der Waals surface area (Å²) in [5.74, 6) is 0. The molecule has 0 aliphatic rings. The molecule has 0 aromatic carbocycles. The number of hydrogen-bond donors (Lipinski definition) is 0. The highest BCUT2D eigenvalue weighted by Crippen LogP contribution is 2.40. The normalized spacial score (nSPS) is 13.0. The lowest BCUT2D eigenvalue weighted by Gasteiger charge is -2.18. The van der Waals surface area contributed by atoms with Crippen LogP contribution in [0.5, 0.6) is 0 Å². The van der Waals surface area contributed by atoms with E-state index in [9.17, 15) is 35.2 Å². The van der Waals surface area contributed by atoms with E-state index in [2.05, 4.69) is 24.8 Å². The van der Waals surface area contributed by atoms with Gasteiger partial charge in [-0.3, -0.25) is 0 Å². The van der Waals surface area contributed by atoms with Gasteiger partial charge in [-0.1, -0.05) is 41.6 Å². The fourth-order valence-electron chi connectivity index (χ4n) is 1.37. The highest BCUT2D eigenvalue weighted by atomic mass is 79.9. The molecule has 12 heteroatoms. The van der Waals surface area contributed by atoms with Crippen LogP contribution >= 0.6 is 15.9 Å². The fourth-order valence-corrected chi connectivity index (χ4v) is 2.38. The molecule has 0 saturated heterocycles. The number of alkyl halides is 6. The molecule has 0 aromatic heterocycles. The molecule has 0 saturated carbocycles. The van der Waals surface area contributed by atoms with Gasteiger partial charge in [0.1, 0.15) is 0 Å². The number of ether oxygens (including phenoxy) is 1. The van der Waals surface area contributed by atoms with Crippen LogP contribution in [0.3, 0.4) is 0 Å². The molecule has 0 N–H and O–H groups in total. The summed E-state index contributed by atoms with van der Waals surface area (Å²) in [4.78, 5) is 10.9. The average molecular weight is 435 g/mol. The Balaban J connectivity index is 4.11. The average Bonchev–Trinajstić information content (AvgIpc) is 2.39. The SMILES string of the molecule is O=C(OCCCCCCCCBr)OS(=O)(=O)C(F)(F)C(F)(F)F. The molecule has 0 radical (unpaired) electrons. The van der Waals surface area contributed by atoms with Crippen LogP contribution in [0.25, 0.3) is 0 Å². The first-order valence-corrected chi connectivity index (χ1v) is 9.10. The lowest BCUT2D eigenvalue weighted by Crippen LogP contribution is -2.45. The van der Waals surface area contributed by atoms with Gasteiger partial charge in [0, 0.05) is 5.33 Å². The van der Waals surface area contributed by atoms with E-state index in [-0.39, 0.29) is 6.61 Å². The molecule has 23 heavy (non-hydrogen) atoms. The van der Waals surface area contributed by atoms with Crippen molar-refractivity contribution in [3.63, 3.8) is 0 Å². The lowest BCUT2D eigenvalue weighted by molar-refractivity contribution is -0.243. The summed E-state index contributed by atoms with van der Waals surface area (Å²) in [5, 5.41) is -5.31. The van der Waals surface area contributed by atoms with Crippen molar-refractivity contribution in [1.82, 2.24) is 0 Å². The Morgan fingerprint density at radius 1 is 0.913 bits per heavy atom. The van der Waals surface area contributed by atoms with E-state index >= 15 is 0 Å². The van der Waals surface area contributed by atoms with Crippen LogP contribution in [0.15, 0.2) is 0 Å². The van der Waals surface area contributed by atoms with Crippen molar-refractivity contribution < 1.29 is 44.1 Å². The van der Waals surface area contributed by atoms with Crippen molar-refractivity contribution in [2.24, 2.45) is 0 Å². The van der Waals surface area contributed by atoms with Crippen LogP contribution in [0.4, 0.5) is 26.7 Å². The Morgan fingerprint density at radius 3 is 1.87 bits per heavy atom. The molecule has 138 valence electrons. The molecule has 0 unspecified atom stereocenters. The van der Waals surface area contributed by atoms with E-state index in [0.29, 0.717) is 12.8 Å². The van der Waals surface area contributed by atoms with Crippen LogP contribution in [0, 0.1) is 0 Å². The largest absolute Gasteiger partial charge is 0.524 e. The summed E-state index contributed by atoms with van der Waals surface area (Å²) < 4.78 is 89.7. The van der Waals surface area contributed by atoms with Crippen molar-refractivity contribution in [1.29, 1.82) is 0 Å². The molecule has 0 atom stereocenters. The first-order chi connectivity index (χ1) is 10.5. The number of rotatable bonds is 10. The maximum absolute atomic E-state index is 12.6. The van der Waals surface area contributed by atoms with Gasteiger partial charge >= 0.3 is 27.7 Å². The van der Waals surface area contributed by atoms with Gasteiger partial charge < -0.3 is 8.92 Å². The number of carbonyl (C=O) groups is 1. The molecule has 0 heterocycles. The molecule has 0 aromatic rings. The Labute approximate surface area is 138 Å². The summed E-state index contributed by atoms with van der Waals surface area (Å²) in [6.45, 7) is -0.343. The van der Waals surface area contributed by atoms with E-state index in [4.69, 9.17) is 0 Å². The molecule has 0 aliphatic heterocycles. The highest BCUT2D eigenvalue weighted by Gasteiger charge is 2.69.